The molecule has 1 heterocycles. The van der Waals surface area contributed by atoms with Gasteiger partial charge in [-0.1, -0.05) is 6.07 Å². The zero-order valence-corrected chi connectivity index (χ0v) is 15.9. The molecular formula is C19H18F4N2O3S. The van der Waals surface area contributed by atoms with Gasteiger partial charge in [0, 0.05) is 18.8 Å². The number of sulfonamides is 1. The lowest BCUT2D eigenvalue weighted by atomic mass is 9.98. The minimum absolute atomic E-state index is 0.0108. The molecule has 0 unspecified atom stereocenters. The predicted octanol–water partition coefficient (Wildman–Crippen LogP) is 3.88. The molecule has 3 rings (SSSR count). The largest absolute Gasteiger partial charge is 0.416 e. The molecule has 10 heteroatoms. The van der Waals surface area contributed by atoms with Gasteiger partial charge in [-0.05, 0) is 55.3 Å². The van der Waals surface area contributed by atoms with Gasteiger partial charge < -0.3 is 5.32 Å². The fourth-order valence-corrected chi connectivity index (χ4v) is 4.67. The molecule has 1 fully saturated rings. The number of nitrogens with zero attached hydrogens (tertiary/aromatic N) is 1. The van der Waals surface area contributed by atoms with Crippen molar-refractivity contribution >= 4 is 21.6 Å². The Hall–Kier alpha value is -2.46. The van der Waals surface area contributed by atoms with Crippen molar-refractivity contribution in [3.8, 4) is 0 Å². The van der Waals surface area contributed by atoms with E-state index in [2.05, 4.69) is 5.32 Å². The van der Waals surface area contributed by atoms with Crippen molar-refractivity contribution in [2.45, 2.75) is 23.9 Å². The zero-order valence-electron chi connectivity index (χ0n) is 15.1. The summed E-state index contributed by atoms with van der Waals surface area (Å²) in [7, 11) is -3.91. The Bertz CT molecular complexity index is 991. The third kappa shape index (κ3) is 4.94. The molecule has 2 aromatic rings. The maximum absolute atomic E-state index is 13.1. The smallest absolute Gasteiger partial charge is 0.326 e. The summed E-state index contributed by atoms with van der Waals surface area (Å²) < 4.78 is 78.1. The van der Waals surface area contributed by atoms with E-state index in [9.17, 15) is 30.8 Å². The molecule has 156 valence electrons. The number of hydrogen-bond acceptors (Lipinski definition) is 3. The van der Waals surface area contributed by atoms with E-state index >= 15 is 0 Å². The first-order valence-corrected chi connectivity index (χ1v) is 10.3. The molecule has 1 atom stereocenters. The van der Waals surface area contributed by atoms with Crippen molar-refractivity contribution in [1.29, 1.82) is 0 Å². The number of carbonyl (C=O) groups is 1. The molecule has 0 aromatic heterocycles. The van der Waals surface area contributed by atoms with Gasteiger partial charge in [0.25, 0.3) is 0 Å². The summed E-state index contributed by atoms with van der Waals surface area (Å²) in [6.07, 6.45) is -3.72. The number of halogens is 4. The Morgan fingerprint density at radius 1 is 1.10 bits per heavy atom. The van der Waals surface area contributed by atoms with Crippen LogP contribution in [0.3, 0.4) is 0 Å². The van der Waals surface area contributed by atoms with Crippen LogP contribution in [0.2, 0.25) is 0 Å². The summed E-state index contributed by atoms with van der Waals surface area (Å²) >= 11 is 0. The molecule has 1 N–H and O–H groups in total. The third-order valence-electron chi connectivity index (χ3n) is 4.66. The van der Waals surface area contributed by atoms with Crippen LogP contribution in [0.1, 0.15) is 18.4 Å². The second kappa shape index (κ2) is 8.11. The highest BCUT2D eigenvalue weighted by Crippen LogP contribution is 2.31. The summed E-state index contributed by atoms with van der Waals surface area (Å²) in [5, 5.41) is 2.43. The highest BCUT2D eigenvalue weighted by atomic mass is 32.2. The van der Waals surface area contributed by atoms with Crippen molar-refractivity contribution in [1.82, 2.24) is 4.31 Å². The normalized spacial score (nSPS) is 18.4. The van der Waals surface area contributed by atoms with Crippen LogP contribution < -0.4 is 5.32 Å². The summed E-state index contributed by atoms with van der Waals surface area (Å²) in [5.74, 6) is -1.84. The zero-order chi connectivity index (χ0) is 21.2. The maximum atomic E-state index is 13.1. The first-order valence-electron chi connectivity index (χ1n) is 8.81. The molecule has 1 amide bonds. The molecule has 0 radical (unpaired) electrons. The van der Waals surface area contributed by atoms with E-state index in [1.807, 2.05) is 0 Å². The molecule has 1 aliphatic heterocycles. The lowest BCUT2D eigenvalue weighted by Crippen LogP contribution is -2.43. The minimum atomic E-state index is -4.54. The van der Waals surface area contributed by atoms with Crippen LogP contribution in [0.5, 0.6) is 0 Å². The van der Waals surface area contributed by atoms with E-state index < -0.39 is 39.4 Å². The third-order valence-corrected chi connectivity index (χ3v) is 6.54. The van der Waals surface area contributed by atoms with E-state index in [1.165, 1.54) is 12.1 Å². The van der Waals surface area contributed by atoms with Crippen LogP contribution in [0.25, 0.3) is 0 Å². The second-order valence-electron chi connectivity index (χ2n) is 6.72. The lowest BCUT2D eigenvalue weighted by Gasteiger charge is -2.31. The van der Waals surface area contributed by atoms with Crippen molar-refractivity contribution in [3.63, 3.8) is 0 Å². The van der Waals surface area contributed by atoms with Crippen LogP contribution in [-0.4, -0.2) is 31.7 Å². The Labute approximate surface area is 165 Å². The molecule has 5 nitrogen and oxygen atoms in total. The van der Waals surface area contributed by atoms with E-state index in [1.54, 1.807) is 0 Å². The number of amides is 1. The van der Waals surface area contributed by atoms with Gasteiger partial charge in [-0.2, -0.15) is 17.5 Å². The number of piperidine rings is 1. The van der Waals surface area contributed by atoms with E-state index in [-0.39, 0.29) is 23.7 Å². The molecular weight excluding hydrogens is 412 g/mol. The van der Waals surface area contributed by atoms with Gasteiger partial charge in [-0.3, -0.25) is 4.79 Å². The monoisotopic (exact) mass is 430 g/mol. The average Bonchev–Trinajstić information content (AvgIpc) is 2.68. The molecule has 2 aromatic carbocycles. The molecule has 0 bridgehead atoms. The van der Waals surface area contributed by atoms with Crippen LogP contribution in [0, 0.1) is 11.7 Å². The van der Waals surface area contributed by atoms with Gasteiger partial charge in [0.05, 0.1) is 16.4 Å². The molecule has 0 saturated carbocycles. The van der Waals surface area contributed by atoms with Gasteiger partial charge in [-0.15, -0.1) is 0 Å². The number of nitrogens with one attached hydrogen (secondary N) is 1. The Balaban J connectivity index is 1.72. The number of rotatable bonds is 4. The summed E-state index contributed by atoms with van der Waals surface area (Å²) in [5.41, 5.74) is -0.900. The summed E-state index contributed by atoms with van der Waals surface area (Å²) in [4.78, 5) is 12.4. The number of carbonyl (C=O) groups excluding carboxylic acids is 1. The molecule has 0 aliphatic carbocycles. The first-order chi connectivity index (χ1) is 13.6. The van der Waals surface area contributed by atoms with Gasteiger partial charge >= 0.3 is 6.18 Å². The molecule has 0 spiro atoms. The van der Waals surface area contributed by atoms with Crippen LogP contribution in [0.15, 0.2) is 53.4 Å². The Morgan fingerprint density at radius 3 is 2.45 bits per heavy atom. The quantitative estimate of drug-likeness (QED) is 0.749. The maximum Gasteiger partial charge on any atom is 0.416 e. The van der Waals surface area contributed by atoms with Crippen LogP contribution in [-0.2, 0) is 21.0 Å². The highest BCUT2D eigenvalue weighted by molar-refractivity contribution is 7.89. The van der Waals surface area contributed by atoms with Gasteiger partial charge in [0.15, 0.2) is 0 Å². The second-order valence-corrected chi connectivity index (χ2v) is 8.66. The molecule has 1 saturated heterocycles. The predicted molar refractivity (Wildman–Crippen MR) is 98.0 cm³/mol. The van der Waals surface area contributed by atoms with Crippen molar-refractivity contribution in [2.24, 2.45) is 5.92 Å². The number of alkyl halides is 3. The van der Waals surface area contributed by atoms with Crippen LogP contribution in [0.4, 0.5) is 23.2 Å². The van der Waals surface area contributed by atoms with Crippen molar-refractivity contribution < 1.29 is 30.8 Å². The summed E-state index contributed by atoms with van der Waals surface area (Å²) in [6, 6.07) is 8.62. The van der Waals surface area contributed by atoms with Crippen molar-refractivity contribution in [2.75, 3.05) is 18.4 Å². The number of benzene rings is 2. The fraction of sp³-hybridized carbons (Fsp3) is 0.316. The summed E-state index contributed by atoms with van der Waals surface area (Å²) in [6.45, 7) is 0.0948. The molecule has 1 aliphatic rings. The first kappa shape index (κ1) is 21.3. The number of anilines is 1. The van der Waals surface area contributed by atoms with Gasteiger partial charge in [-0.25, -0.2) is 12.8 Å². The lowest BCUT2D eigenvalue weighted by molar-refractivity contribution is -0.137. The standard InChI is InChI=1S/C19H18F4N2O3S/c20-15-6-8-17(9-7-15)29(27,28)25-10-2-3-13(12-25)18(26)24-16-5-1-4-14(11-16)19(21,22)23/h1,4-9,11,13H,2-3,10,12H2,(H,24,26)/t13-/m0/s1. The number of hydrogen-bond donors (Lipinski definition) is 1. The van der Waals surface area contributed by atoms with E-state index in [4.69, 9.17) is 0 Å². The fourth-order valence-electron chi connectivity index (χ4n) is 3.15. The SMILES string of the molecule is O=C(Nc1cccc(C(F)(F)F)c1)[C@H]1CCCN(S(=O)(=O)c2ccc(F)cc2)C1. The minimum Gasteiger partial charge on any atom is -0.326 e. The van der Waals surface area contributed by atoms with Gasteiger partial charge in [0.2, 0.25) is 15.9 Å². The van der Waals surface area contributed by atoms with Gasteiger partial charge in [0.1, 0.15) is 5.82 Å². The Kier molecular flexibility index (Phi) is 5.95. The average molecular weight is 430 g/mol. The van der Waals surface area contributed by atoms with E-state index in [0.717, 1.165) is 40.7 Å². The Morgan fingerprint density at radius 2 is 1.79 bits per heavy atom. The topological polar surface area (TPSA) is 66.5 Å². The van der Waals surface area contributed by atoms with E-state index in [0.29, 0.717) is 12.8 Å². The highest BCUT2D eigenvalue weighted by Gasteiger charge is 2.34. The van der Waals surface area contributed by atoms with Crippen LogP contribution >= 0.6 is 0 Å². The van der Waals surface area contributed by atoms with Crippen molar-refractivity contribution in [3.05, 3.63) is 59.9 Å². The molecule has 29 heavy (non-hydrogen) atoms.